The van der Waals surface area contributed by atoms with Crippen LogP contribution in [0.1, 0.15) is 34.1 Å². The van der Waals surface area contributed by atoms with Gasteiger partial charge in [-0.2, -0.15) is 0 Å². The monoisotopic (exact) mass is 251 g/mol. The molecule has 0 saturated carbocycles. The van der Waals surface area contributed by atoms with Gasteiger partial charge in [-0.25, -0.2) is 0 Å². The van der Waals surface area contributed by atoms with Crippen LogP contribution in [0.15, 0.2) is 0 Å². The van der Waals surface area contributed by atoms with Crippen LogP contribution in [0.5, 0.6) is 0 Å². The van der Waals surface area contributed by atoms with E-state index in [1.54, 1.807) is 0 Å². The Labute approximate surface area is 112 Å². The average molecular weight is 251 g/mol. The topological polar surface area (TPSA) is 9.72 Å². The van der Waals surface area contributed by atoms with E-state index in [1.807, 2.05) is 0 Å². The van der Waals surface area contributed by atoms with Crippen molar-refractivity contribution in [1.29, 1.82) is 0 Å². The molecule has 0 spiro atoms. The molecule has 18 heavy (non-hydrogen) atoms. The van der Waals surface area contributed by atoms with Crippen LogP contribution in [0, 0.1) is 5.92 Å². The van der Waals surface area contributed by atoms with Crippen LogP contribution in [0.3, 0.4) is 0 Å². The minimum absolute atomic E-state index is 0.734. The summed E-state index contributed by atoms with van der Waals surface area (Å²) in [4.78, 5) is 8.07. The largest absolute Gasteiger partial charge is 0.300 e. The van der Waals surface area contributed by atoms with Crippen molar-refractivity contribution < 1.29 is 0 Å². The van der Waals surface area contributed by atoms with Crippen molar-refractivity contribution >= 4 is 0 Å². The molecule has 3 nitrogen and oxygen atoms in total. The van der Waals surface area contributed by atoms with Gasteiger partial charge in [0.05, 0.1) is 0 Å². The fraction of sp³-hybridized carbons (Fsp3) is 1.00. The zero-order chi connectivity index (χ0) is 12.9. The molecule has 0 aromatic heterocycles. The molecule has 0 aromatic carbocycles. The first-order chi connectivity index (χ1) is 8.54. The number of rotatable bonds is 4. The summed E-state index contributed by atoms with van der Waals surface area (Å²) in [6.45, 7) is 16.0. The van der Waals surface area contributed by atoms with E-state index in [9.17, 15) is 0 Å². The fourth-order valence-electron chi connectivity index (χ4n) is 3.88. The van der Waals surface area contributed by atoms with Crippen molar-refractivity contribution in [3.8, 4) is 0 Å². The maximum absolute atomic E-state index is 2.81. The summed E-state index contributed by atoms with van der Waals surface area (Å²) in [7, 11) is 0. The zero-order valence-electron chi connectivity index (χ0n) is 12.5. The van der Waals surface area contributed by atoms with Crippen molar-refractivity contribution in [3.63, 3.8) is 0 Å². The van der Waals surface area contributed by atoms with Gasteiger partial charge in [0.2, 0.25) is 0 Å². The number of piperidine rings is 1. The van der Waals surface area contributed by atoms with Gasteiger partial charge in [-0.05, 0) is 40.0 Å². The lowest BCUT2D eigenvalue weighted by Gasteiger charge is -2.59. The Morgan fingerprint density at radius 1 is 0.833 bits per heavy atom. The molecule has 104 valence electrons. The number of hydrogen-bond donors (Lipinski definition) is 0. The van der Waals surface area contributed by atoms with Crippen LogP contribution < -0.4 is 0 Å². The molecule has 3 saturated heterocycles. The highest BCUT2D eigenvalue weighted by Gasteiger charge is 2.46. The first-order valence-electron chi connectivity index (χ1n) is 7.78. The van der Waals surface area contributed by atoms with Gasteiger partial charge in [-0.3, -0.25) is 9.80 Å². The summed E-state index contributed by atoms with van der Waals surface area (Å²) in [5, 5.41) is 0. The molecule has 3 heteroatoms. The fourth-order valence-corrected chi connectivity index (χ4v) is 3.88. The molecule has 0 N–H and O–H groups in total. The van der Waals surface area contributed by atoms with Crippen molar-refractivity contribution in [2.75, 3.05) is 32.7 Å². The van der Waals surface area contributed by atoms with Gasteiger partial charge in [-0.15, -0.1) is 0 Å². The number of hydrogen-bond acceptors (Lipinski definition) is 3. The minimum atomic E-state index is 0.734. The standard InChI is InChI=1S/C15H29N3/c1-11(2)16-6-13(7-16)8-18-14-5-15(18)10-17(9-14)12(3)4/h11-15H,5-10H2,1-4H3. The van der Waals surface area contributed by atoms with Gasteiger partial charge in [0.1, 0.15) is 0 Å². The summed E-state index contributed by atoms with van der Waals surface area (Å²) in [5.41, 5.74) is 0. The van der Waals surface area contributed by atoms with Crippen LogP contribution in [0.25, 0.3) is 0 Å². The summed E-state index contributed by atoms with van der Waals surface area (Å²) in [5.74, 6) is 0.947. The van der Waals surface area contributed by atoms with Crippen LogP contribution in [0.2, 0.25) is 0 Å². The molecule has 0 aromatic rings. The lowest BCUT2D eigenvalue weighted by Crippen LogP contribution is -2.71. The van der Waals surface area contributed by atoms with Crippen molar-refractivity contribution in [1.82, 2.24) is 14.7 Å². The lowest BCUT2D eigenvalue weighted by molar-refractivity contribution is -0.0992. The molecule has 2 atom stereocenters. The highest BCUT2D eigenvalue weighted by Crippen LogP contribution is 2.35. The Balaban J connectivity index is 1.44. The molecule has 0 aliphatic carbocycles. The second kappa shape index (κ2) is 4.77. The summed E-state index contributed by atoms with van der Waals surface area (Å²) >= 11 is 0. The third-order valence-electron chi connectivity index (χ3n) is 5.29. The molecule has 3 rings (SSSR count). The lowest BCUT2D eigenvalue weighted by atomic mass is 9.84. The molecule has 0 radical (unpaired) electrons. The summed E-state index contributed by atoms with van der Waals surface area (Å²) in [6, 6.07) is 3.23. The zero-order valence-corrected chi connectivity index (χ0v) is 12.5. The van der Waals surface area contributed by atoms with E-state index in [2.05, 4.69) is 42.4 Å². The molecular weight excluding hydrogens is 222 g/mol. The molecule has 3 heterocycles. The van der Waals surface area contributed by atoms with E-state index >= 15 is 0 Å². The quantitative estimate of drug-likeness (QED) is 0.749. The van der Waals surface area contributed by atoms with Crippen LogP contribution in [-0.4, -0.2) is 71.6 Å². The van der Waals surface area contributed by atoms with Gasteiger partial charge in [0.25, 0.3) is 0 Å². The first kappa shape index (κ1) is 12.9. The third-order valence-corrected chi connectivity index (χ3v) is 5.29. The predicted octanol–water partition coefficient (Wildman–Crippen LogP) is 1.49. The Morgan fingerprint density at radius 2 is 1.33 bits per heavy atom. The molecule has 3 aliphatic rings. The van der Waals surface area contributed by atoms with E-state index in [4.69, 9.17) is 0 Å². The van der Waals surface area contributed by atoms with Gasteiger partial charge in [-0.1, -0.05) is 0 Å². The molecule has 3 aliphatic heterocycles. The smallest absolute Gasteiger partial charge is 0.0242 e. The first-order valence-corrected chi connectivity index (χ1v) is 7.78. The van der Waals surface area contributed by atoms with Gasteiger partial charge >= 0.3 is 0 Å². The van der Waals surface area contributed by atoms with E-state index in [0.717, 1.165) is 30.1 Å². The summed E-state index contributed by atoms with van der Waals surface area (Å²) < 4.78 is 0. The van der Waals surface area contributed by atoms with Crippen molar-refractivity contribution in [3.05, 3.63) is 0 Å². The van der Waals surface area contributed by atoms with E-state index in [-0.39, 0.29) is 0 Å². The van der Waals surface area contributed by atoms with E-state index < -0.39 is 0 Å². The predicted molar refractivity (Wildman–Crippen MR) is 75.8 cm³/mol. The van der Waals surface area contributed by atoms with E-state index in [1.165, 1.54) is 39.1 Å². The summed E-state index contributed by atoms with van der Waals surface area (Å²) in [6.07, 6.45) is 1.46. The number of fused-ring (bicyclic) bond motifs is 2. The Morgan fingerprint density at radius 3 is 1.83 bits per heavy atom. The van der Waals surface area contributed by atoms with Gasteiger partial charge in [0.15, 0.2) is 0 Å². The van der Waals surface area contributed by atoms with Crippen molar-refractivity contribution in [2.24, 2.45) is 5.92 Å². The highest BCUT2D eigenvalue weighted by atomic mass is 15.4. The Kier molecular flexibility index (Phi) is 3.41. The minimum Gasteiger partial charge on any atom is -0.300 e. The second-order valence-electron chi connectivity index (χ2n) is 7.20. The number of piperazine rings is 1. The SMILES string of the molecule is CC(C)N1CC(CN2C3CC2CN(C(C)C)C3)C1. The van der Waals surface area contributed by atoms with Crippen LogP contribution in [-0.2, 0) is 0 Å². The molecule has 0 amide bonds. The molecular formula is C15H29N3. The average Bonchev–Trinajstić information content (AvgIpc) is 2.26. The normalized spacial score (nSPS) is 35.0. The molecule has 2 bridgehead atoms. The maximum atomic E-state index is 2.81. The maximum Gasteiger partial charge on any atom is 0.0242 e. The van der Waals surface area contributed by atoms with Crippen molar-refractivity contribution in [2.45, 2.75) is 58.3 Å². The molecule has 2 unspecified atom stereocenters. The number of nitrogens with zero attached hydrogens (tertiary/aromatic N) is 3. The molecule has 3 fully saturated rings. The second-order valence-corrected chi connectivity index (χ2v) is 7.20. The Bertz CT molecular complexity index is 284. The third kappa shape index (κ3) is 2.21. The highest BCUT2D eigenvalue weighted by molar-refractivity contribution is 5.02. The Hall–Kier alpha value is -0.120. The number of likely N-dealkylation sites (tertiary alicyclic amines) is 3. The van der Waals surface area contributed by atoms with Gasteiger partial charge < -0.3 is 4.90 Å². The van der Waals surface area contributed by atoms with Gasteiger partial charge in [0, 0.05) is 56.9 Å². The van der Waals surface area contributed by atoms with Crippen LogP contribution >= 0.6 is 0 Å². The van der Waals surface area contributed by atoms with Crippen LogP contribution in [0.4, 0.5) is 0 Å². The van der Waals surface area contributed by atoms with E-state index in [0.29, 0.717) is 0 Å².